The van der Waals surface area contributed by atoms with Crippen molar-refractivity contribution in [2.24, 2.45) is 5.73 Å². The van der Waals surface area contributed by atoms with Crippen LogP contribution < -0.4 is 11.1 Å². The van der Waals surface area contributed by atoms with Crippen LogP contribution in [-0.2, 0) is 4.74 Å². The van der Waals surface area contributed by atoms with Gasteiger partial charge in [0.1, 0.15) is 0 Å². The van der Waals surface area contributed by atoms with Crippen LogP contribution in [0, 0.1) is 0 Å². The van der Waals surface area contributed by atoms with Crippen molar-refractivity contribution in [3.63, 3.8) is 0 Å². The molecule has 3 heteroatoms. The molecule has 1 heterocycles. The van der Waals surface area contributed by atoms with Crippen molar-refractivity contribution in [1.29, 1.82) is 0 Å². The number of hydrogen-bond donors (Lipinski definition) is 2. The average Bonchev–Trinajstić information content (AvgIpc) is 2.68. The summed E-state index contributed by atoms with van der Waals surface area (Å²) in [6, 6.07) is 0.695. The molecule has 0 aromatic rings. The van der Waals surface area contributed by atoms with E-state index in [2.05, 4.69) is 19.2 Å². The van der Waals surface area contributed by atoms with Gasteiger partial charge in [-0.3, -0.25) is 0 Å². The van der Waals surface area contributed by atoms with Gasteiger partial charge >= 0.3 is 0 Å². The molecule has 1 aliphatic heterocycles. The van der Waals surface area contributed by atoms with Gasteiger partial charge < -0.3 is 15.8 Å². The van der Waals surface area contributed by atoms with Gasteiger partial charge in [-0.25, -0.2) is 0 Å². The van der Waals surface area contributed by atoms with Crippen LogP contribution in [0.1, 0.15) is 52.4 Å². The first-order valence-electron chi connectivity index (χ1n) is 6.77. The normalized spacial score (nSPS) is 41.4. The first-order chi connectivity index (χ1) is 7.63. The van der Waals surface area contributed by atoms with E-state index < -0.39 is 0 Å². The lowest BCUT2D eigenvalue weighted by molar-refractivity contribution is -0.0692. The summed E-state index contributed by atoms with van der Waals surface area (Å²) in [7, 11) is 0. The summed E-state index contributed by atoms with van der Waals surface area (Å²) in [6.07, 6.45) is 8.19. The molecule has 0 aromatic heterocycles. The van der Waals surface area contributed by atoms with E-state index in [1.165, 1.54) is 25.7 Å². The number of nitrogens with two attached hydrogens (primary N) is 1. The molecule has 0 bridgehead atoms. The van der Waals surface area contributed by atoms with Crippen LogP contribution >= 0.6 is 0 Å². The van der Waals surface area contributed by atoms with Crippen LogP contribution in [0.5, 0.6) is 0 Å². The van der Waals surface area contributed by atoms with Gasteiger partial charge in [-0.15, -0.1) is 0 Å². The lowest BCUT2D eigenvalue weighted by atomic mass is 9.83. The van der Waals surface area contributed by atoms with Crippen molar-refractivity contribution >= 4 is 0 Å². The smallest absolute Gasteiger partial charge is 0.0568 e. The largest absolute Gasteiger partial charge is 0.375 e. The van der Waals surface area contributed by atoms with E-state index in [0.29, 0.717) is 18.2 Å². The zero-order valence-electron chi connectivity index (χ0n) is 10.7. The van der Waals surface area contributed by atoms with Gasteiger partial charge in [0.15, 0.2) is 0 Å². The van der Waals surface area contributed by atoms with Gasteiger partial charge in [0.05, 0.1) is 12.2 Å². The number of ether oxygens (including phenoxy) is 1. The highest BCUT2D eigenvalue weighted by Gasteiger charge is 2.39. The summed E-state index contributed by atoms with van der Waals surface area (Å²) in [6.45, 7) is 5.06. The summed E-state index contributed by atoms with van der Waals surface area (Å²) in [5.41, 5.74) is 6.15. The zero-order valence-corrected chi connectivity index (χ0v) is 10.7. The predicted molar refractivity (Wildman–Crippen MR) is 66.4 cm³/mol. The minimum absolute atomic E-state index is 0.131. The quantitative estimate of drug-likeness (QED) is 0.771. The van der Waals surface area contributed by atoms with Crippen molar-refractivity contribution in [1.82, 2.24) is 5.32 Å². The molecule has 94 valence electrons. The Morgan fingerprint density at radius 3 is 2.25 bits per heavy atom. The number of hydrogen-bond acceptors (Lipinski definition) is 3. The second-order valence-corrected chi connectivity index (χ2v) is 5.78. The summed E-state index contributed by atoms with van der Waals surface area (Å²) >= 11 is 0. The molecular weight excluding hydrogens is 200 g/mol. The first-order valence-corrected chi connectivity index (χ1v) is 6.77. The van der Waals surface area contributed by atoms with Crippen molar-refractivity contribution in [3.05, 3.63) is 0 Å². The Kier molecular flexibility index (Phi) is 3.88. The van der Waals surface area contributed by atoms with Gasteiger partial charge in [-0.05, 0) is 39.5 Å². The Balaban J connectivity index is 1.99. The van der Waals surface area contributed by atoms with Crippen molar-refractivity contribution in [2.75, 3.05) is 6.54 Å². The SMILES string of the molecule is CC1CC(CN)(NC2CCCC2)CC(C)O1. The second-order valence-electron chi connectivity index (χ2n) is 5.78. The van der Waals surface area contributed by atoms with Crippen molar-refractivity contribution < 1.29 is 4.74 Å². The van der Waals surface area contributed by atoms with Gasteiger partial charge in [-0.2, -0.15) is 0 Å². The molecule has 1 saturated heterocycles. The van der Waals surface area contributed by atoms with Gasteiger partial charge in [-0.1, -0.05) is 12.8 Å². The van der Waals surface area contributed by atoms with Crippen LogP contribution in [0.15, 0.2) is 0 Å². The maximum Gasteiger partial charge on any atom is 0.0568 e. The minimum atomic E-state index is 0.131. The monoisotopic (exact) mass is 226 g/mol. The van der Waals surface area contributed by atoms with Crippen LogP contribution in [-0.4, -0.2) is 30.3 Å². The summed E-state index contributed by atoms with van der Waals surface area (Å²) in [4.78, 5) is 0. The molecule has 2 aliphatic rings. The molecule has 0 spiro atoms. The van der Waals surface area contributed by atoms with Crippen molar-refractivity contribution in [2.45, 2.75) is 76.2 Å². The Morgan fingerprint density at radius 2 is 1.75 bits per heavy atom. The molecule has 3 nitrogen and oxygen atoms in total. The number of nitrogens with one attached hydrogen (secondary N) is 1. The molecule has 1 aliphatic carbocycles. The fraction of sp³-hybridized carbons (Fsp3) is 1.00. The van der Waals surface area contributed by atoms with E-state index in [1.807, 2.05) is 0 Å². The molecule has 0 aromatic carbocycles. The Morgan fingerprint density at radius 1 is 1.19 bits per heavy atom. The van der Waals surface area contributed by atoms with Crippen LogP contribution in [0.25, 0.3) is 0 Å². The molecule has 2 atom stereocenters. The van der Waals surface area contributed by atoms with E-state index in [9.17, 15) is 0 Å². The Hall–Kier alpha value is -0.120. The molecule has 2 rings (SSSR count). The van der Waals surface area contributed by atoms with E-state index >= 15 is 0 Å². The molecular formula is C13H26N2O. The van der Waals surface area contributed by atoms with Gasteiger partial charge in [0.25, 0.3) is 0 Å². The predicted octanol–water partition coefficient (Wildman–Crippen LogP) is 1.80. The third-order valence-electron chi connectivity index (χ3n) is 4.08. The van der Waals surface area contributed by atoms with Crippen LogP contribution in [0.2, 0.25) is 0 Å². The standard InChI is InChI=1S/C13H26N2O/c1-10-7-13(9-14,8-11(2)16-10)15-12-5-3-4-6-12/h10-12,15H,3-9,14H2,1-2H3. The fourth-order valence-electron chi connectivity index (χ4n) is 3.52. The zero-order chi connectivity index (χ0) is 11.6. The lowest BCUT2D eigenvalue weighted by Gasteiger charge is -2.44. The highest BCUT2D eigenvalue weighted by atomic mass is 16.5. The molecule has 1 saturated carbocycles. The maximum atomic E-state index is 6.02. The molecule has 0 radical (unpaired) electrons. The first kappa shape index (κ1) is 12.3. The third kappa shape index (κ3) is 2.76. The van der Waals surface area contributed by atoms with Crippen LogP contribution in [0.3, 0.4) is 0 Å². The summed E-state index contributed by atoms with van der Waals surface area (Å²) in [5.74, 6) is 0. The highest BCUT2D eigenvalue weighted by molar-refractivity contribution is 4.98. The van der Waals surface area contributed by atoms with Crippen LogP contribution in [0.4, 0.5) is 0 Å². The lowest BCUT2D eigenvalue weighted by Crippen LogP contribution is -2.60. The minimum Gasteiger partial charge on any atom is -0.375 e. The van der Waals surface area contributed by atoms with Crippen molar-refractivity contribution in [3.8, 4) is 0 Å². The van der Waals surface area contributed by atoms with E-state index in [4.69, 9.17) is 10.5 Å². The van der Waals surface area contributed by atoms with E-state index in [0.717, 1.165) is 19.4 Å². The Bertz CT molecular complexity index is 216. The molecule has 0 amide bonds. The van der Waals surface area contributed by atoms with Gasteiger partial charge in [0.2, 0.25) is 0 Å². The third-order valence-corrected chi connectivity index (χ3v) is 4.08. The molecule has 3 N–H and O–H groups in total. The number of rotatable bonds is 3. The molecule has 16 heavy (non-hydrogen) atoms. The molecule has 2 unspecified atom stereocenters. The summed E-state index contributed by atoms with van der Waals surface area (Å²) < 4.78 is 5.81. The molecule has 2 fully saturated rings. The average molecular weight is 226 g/mol. The maximum absolute atomic E-state index is 6.02. The van der Waals surface area contributed by atoms with E-state index in [-0.39, 0.29) is 5.54 Å². The Labute approximate surface area is 99.1 Å². The highest BCUT2D eigenvalue weighted by Crippen LogP contribution is 2.30. The van der Waals surface area contributed by atoms with E-state index in [1.54, 1.807) is 0 Å². The fourth-order valence-corrected chi connectivity index (χ4v) is 3.52. The topological polar surface area (TPSA) is 47.3 Å². The summed E-state index contributed by atoms with van der Waals surface area (Å²) in [5, 5.41) is 3.84. The second kappa shape index (κ2) is 5.03. The van der Waals surface area contributed by atoms with Gasteiger partial charge in [0, 0.05) is 18.1 Å².